The van der Waals surface area contributed by atoms with Gasteiger partial charge in [0.1, 0.15) is 5.60 Å². The van der Waals surface area contributed by atoms with E-state index >= 15 is 0 Å². The first-order valence-corrected chi connectivity index (χ1v) is 13.5. The number of hydrogen-bond acceptors (Lipinski definition) is 1. The quantitative estimate of drug-likeness (QED) is 0.262. The van der Waals surface area contributed by atoms with Crippen LogP contribution in [0.5, 0.6) is 0 Å². The molecule has 1 saturated carbocycles. The van der Waals surface area contributed by atoms with Gasteiger partial charge in [-0.3, -0.25) is 0 Å². The molecule has 0 heterocycles. The Morgan fingerprint density at radius 1 is 0.973 bits per heavy atom. The van der Waals surface area contributed by atoms with E-state index in [2.05, 4.69) is 67.0 Å². The molecule has 0 aliphatic heterocycles. The van der Waals surface area contributed by atoms with Gasteiger partial charge in [0.25, 0.3) is 0 Å². The normalized spacial score (nSPS) is 18.5. The number of rotatable bonds is 7. The molecule has 0 saturated heterocycles. The summed E-state index contributed by atoms with van der Waals surface area (Å²) in [6.07, 6.45) is 14.0. The van der Waals surface area contributed by atoms with Crippen LogP contribution in [0.4, 0.5) is 0 Å². The SMILES string of the molecule is C=C(/C=C1/CCCC(Cc2ccccc2)CC1)c1cccc(C#CC(C)(O)C/C=C/c2ccccc2)c1. The van der Waals surface area contributed by atoms with Crippen molar-refractivity contribution in [2.24, 2.45) is 5.92 Å². The minimum Gasteiger partial charge on any atom is -0.378 e. The van der Waals surface area contributed by atoms with Crippen LogP contribution >= 0.6 is 0 Å². The summed E-state index contributed by atoms with van der Waals surface area (Å²) in [6.45, 7) is 6.14. The first-order chi connectivity index (χ1) is 18.0. The first-order valence-electron chi connectivity index (χ1n) is 13.5. The topological polar surface area (TPSA) is 20.2 Å². The molecule has 0 aromatic heterocycles. The van der Waals surface area contributed by atoms with Crippen molar-refractivity contribution in [3.05, 3.63) is 131 Å². The van der Waals surface area contributed by atoms with E-state index in [1.807, 2.05) is 54.6 Å². The van der Waals surface area contributed by atoms with E-state index in [1.165, 1.54) is 36.8 Å². The molecule has 37 heavy (non-hydrogen) atoms. The van der Waals surface area contributed by atoms with Crippen LogP contribution in [0.25, 0.3) is 11.6 Å². The van der Waals surface area contributed by atoms with Gasteiger partial charge in [-0.15, -0.1) is 0 Å². The predicted molar refractivity (Wildman–Crippen MR) is 158 cm³/mol. The van der Waals surface area contributed by atoms with Crippen LogP contribution in [0.3, 0.4) is 0 Å². The third-order valence-corrected chi connectivity index (χ3v) is 7.06. The summed E-state index contributed by atoms with van der Waals surface area (Å²) < 4.78 is 0. The van der Waals surface area contributed by atoms with E-state index in [0.717, 1.165) is 41.0 Å². The standard InChI is InChI=1S/C36H38O/c1-29(26-32-16-9-17-33(22-21-32)27-31-14-7-4-8-15-31)35-20-10-18-34(28-35)23-25-36(2,37)24-11-19-30-12-5-3-6-13-30/h3-8,10-15,18-20,26,28,33,37H,1,9,16-17,21-22,24,27H2,2H3/b19-11+,32-26-. The van der Waals surface area contributed by atoms with Gasteiger partial charge in [-0.1, -0.05) is 115 Å². The molecular weight excluding hydrogens is 448 g/mol. The van der Waals surface area contributed by atoms with Gasteiger partial charge in [-0.25, -0.2) is 0 Å². The van der Waals surface area contributed by atoms with Crippen molar-refractivity contribution in [2.75, 3.05) is 0 Å². The first kappa shape index (κ1) is 26.5. The maximum Gasteiger partial charge on any atom is 0.126 e. The van der Waals surface area contributed by atoms with Crippen LogP contribution < -0.4 is 0 Å². The zero-order valence-corrected chi connectivity index (χ0v) is 22.0. The third kappa shape index (κ3) is 8.78. The highest BCUT2D eigenvalue weighted by atomic mass is 16.3. The van der Waals surface area contributed by atoms with E-state index in [4.69, 9.17) is 0 Å². The Kier molecular flexibility index (Phi) is 9.36. The number of aliphatic hydroxyl groups is 1. The lowest BCUT2D eigenvalue weighted by Gasteiger charge is -2.13. The zero-order valence-electron chi connectivity index (χ0n) is 22.0. The minimum atomic E-state index is -1.09. The molecule has 1 aliphatic carbocycles. The monoisotopic (exact) mass is 486 g/mol. The highest BCUT2D eigenvalue weighted by Crippen LogP contribution is 2.31. The summed E-state index contributed by atoms with van der Waals surface area (Å²) in [5, 5.41) is 10.7. The molecule has 0 radical (unpaired) electrons. The fourth-order valence-corrected chi connectivity index (χ4v) is 4.95. The van der Waals surface area contributed by atoms with E-state index in [9.17, 15) is 5.11 Å². The van der Waals surface area contributed by atoms with Crippen molar-refractivity contribution >= 4 is 11.6 Å². The average Bonchev–Trinajstić information content (AvgIpc) is 3.13. The number of hydrogen-bond donors (Lipinski definition) is 1. The lowest BCUT2D eigenvalue weighted by atomic mass is 9.92. The van der Waals surface area contributed by atoms with E-state index in [0.29, 0.717) is 6.42 Å². The van der Waals surface area contributed by atoms with Gasteiger partial charge in [0.05, 0.1) is 0 Å². The molecule has 1 fully saturated rings. The van der Waals surface area contributed by atoms with Crippen molar-refractivity contribution < 1.29 is 5.11 Å². The molecular formula is C36H38O. The van der Waals surface area contributed by atoms with Crippen molar-refractivity contribution in [3.63, 3.8) is 0 Å². The summed E-state index contributed by atoms with van der Waals surface area (Å²) in [4.78, 5) is 0. The molecule has 0 spiro atoms. The second-order valence-electron chi connectivity index (χ2n) is 10.4. The Morgan fingerprint density at radius 3 is 2.51 bits per heavy atom. The maximum absolute atomic E-state index is 10.7. The molecule has 2 atom stereocenters. The molecule has 0 amide bonds. The second kappa shape index (κ2) is 13.1. The molecule has 1 aliphatic rings. The van der Waals surface area contributed by atoms with Crippen LogP contribution in [-0.4, -0.2) is 10.7 Å². The lowest BCUT2D eigenvalue weighted by molar-refractivity contribution is 0.126. The van der Waals surface area contributed by atoms with Gasteiger partial charge in [0.15, 0.2) is 0 Å². The van der Waals surface area contributed by atoms with Crippen LogP contribution in [0.2, 0.25) is 0 Å². The van der Waals surface area contributed by atoms with Crippen molar-refractivity contribution in [3.8, 4) is 11.8 Å². The zero-order chi connectivity index (χ0) is 25.9. The molecule has 2 unspecified atom stereocenters. The molecule has 1 nitrogen and oxygen atoms in total. The van der Waals surface area contributed by atoms with Gasteiger partial charge in [0.2, 0.25) is 0 Å². The summed E-state index contributed by atoms with van der Waals surface area (Å²) in [5.74, 6) is 6.99. The van der Waals surface area contributed by atoms with E-state index in [-0.39, 0.29) is 0 Å². The lowest BCUT2D eigenvalue weighted by Crippen LogP contribution is -2.20. The fraction of sp³-hybridized carbons (Fsp3) is 0.278. The maximum atomic E-state index is 10.7. The van der Waals surface area contributed by atoms with Crippen molar-refractivity contribution in [1.29, 1.82) is 0 Å². The molecule has 4 rings (SSSR count). The van der Waals surface area contributed by atoms with Gasteiger partial charge < -0.3 is 5.11 Å². The minimum absolute atomic E-state index is 0.471. The highest BCUT2D eigenvalue weighted by molar-refractivity contribution is 5.73. The van der Waals surface area contributed by atoms with Crippen LogP contribution in [0, 0.1) is 17.8 Å². The molecule has 1 heteroatoms. The number of benzene rings is 3. The summed E-state index contributed by atoms with van der Waals surface area (Å²) in [7, 11) is 0. The van der Waals surface area contributed by atoms with Gasteiger partial charge in [-0.05, 0) is 85.8 Å². The van der Waals surface area contributed by atoms with Crippen molar-refractivity contribution in [2.45, 2.75) is 57.5 Å². The average molecular weight is 487 g/mol. The van der Waals surface area contributed by atoms with Gasteiger partial charge in [0, 0.05) is 12.0 Å². The van der Waals surface area contributed by atoms with Gasteiger partial charge >= 0.3 is 0 Å². The number of allylic oxidation sites excluding steroid dienone is 3. The predicted octanol–water partition coefficient (Wildman–Crippen LogP) is 8.66. The Morgan fingerprint density at radius 2 is 1.73 bits per heavy atom. The van der Waals surface area contributed by atoms with E-state index in [1.54, 1.807) is 6.92 Å². The summed E-state index contributed by atoms with van der Waals surface area (Å²) in [6, 6.07) is 29.2. The van der Waals surface area contributed by atoms with Crippen LogP contribution in [-0.2, 0) is 6.42 Å². The Bertz CT molecular complexity index is 1280. The molecule has 3 aromatic carbocycles. The molecule has 3 aromatic rings. The summed E-state index contributed by atoms with van der Waals surface area (Å²) >= 11 is 0. The molecule has 1 N–H and O–H groups in total. The second-order valence-corrected chi connectivity index (χ2v) is 10.4. The molecule has 0 bridgehead atoms. The third-order valence-electron chi connectivity index (χ3n) is 7.06. The van der Waals surface area contributed by atoms with E-state index < -0.39 is 5.60 Å². The molecule has 188 valence electrons. The largest absolute Gasteiger partial charge is 0.378 e. The fourth-order valence-electron chi connectivity index (χ4n) is 4.95. The van der Waals surface area contributed by atoms with Crippen LogP contribution in [0.1, 0.15) is 67.7 Å². The Labute approximate surface area is 223 Å². The Balaban J connectivity index is 1.35. The smallest absolute Gasteiger partial charge is 0.126 e. The highest BCUT2D eigenvalue weighted by Gasteiger charge is 2.16. The van der Waals surface area contributed by atoms with Gasteiger partial charge in [-0.2, -0.15) is 0 Å². The Hall–Kier alpha value is -3.60. The van der Waals surface area contributed by atoms with Crippen molar-refractivity contribution in [1.82, 2.24) is 0 Å². The summed E-state index contributed by atoms with van der Waals surface area (Å²) in [5.41, 5.74) is 6.01. The van der Waals surface area contributed by atoms with Crippen LogP contribution in [0.15, 0.2) is 109 Å².